The third-order valence-corrected chi connectivity index (χ3v) is 2.51. The maximum Gasteiger partial charge on any atom is 0.188 e. The summed E-state index contributed by atoms with van der Waals surface area (Å²) in [5, 5.41) is 0. The van der Waals surface area contributed by atoms with E-state index in [2.05, 4.69) is 19.1 Å². The fourth-order valence-electron chi connectivity index (χ4n) is 1.88. The van der Waals surface area contributed by atoms with Crippen LogP contribution < -0.4 is 0 Å². The summed E-state index contributed by atoms with van der Waals surface area (Å²) < 4.78 is 11.5. The minimum atomic E-state index is -0.351. The standard InChI is InChI=1S/C10H16O2/c1-9-5-4-7-10(12-9)6-2-3-8-11-10/h4,7,9H,2-3,5-6,8H2,1H3. The third-order valence-electron chi connectivity index (χ3n) is 2.51. The van der Waals surface area contributed by atoms with E-state index in [1.54, 1.807) is 0 Å². The molecule has 0 bridgehead atoms. The molecule has 12 heavy (non-hydrogen) atoms. The lowest BCUT2D eigenvalue weighted by atomic mass is 10.0. The molecule has 1 saturated heterocycles. The summed E-state index contributed by atoms with van der Waals surface area (Å²) >= 11 is 0. The summed E-state index contributed by atoms with van der Waals surface area (Å²) in [6, 6.07) is 0. The maximum absolute atomic E-state index is 5.81. The highest BCUT2D eigenvalue weighted by Crippen LogP contribution is 2.32. The Balaban J connectivity index is 2.07. The SMILES string of the molecule is CC1CC=CC2(CCCCO2)O1. The Bertz CT molecular complexity index is 180. The van der Waals surface area contributed by atoms with Crippen molar-refractivity contribution in [3.8, 4) is 0 Å². The fraction of sp³-hybridized carbons (Fsp3) is 0.800. The molecule has 2 nitrogen and oxygen atoms in total. The summed E-state index contributed by atoms with van der Waals surface area (Å²) in [7, 11) is 0. The molecule has 1 fully saturated rings. The minimum absolute atomic E-state index is 0.313. The second-order valence-corrected chi connectivity index (χ2v) is 3.68. The van der Waals surface area contributed by atoms with Crippen LogP contribution in [-0.4, -0.2) is 18.5 Å². The average Bonchev–Trinajstić information content (AvgIpc) is 2.05. The van der Waals surface area contributed by atoms with Gasteiger partial charge in [0.1, 0.15) is 0 Å². The van der Waals surface area contributed by atoms with Crippen molar-refractivity contribution in [3.05, 3.63) is 12.2 Å². The first-order valence-corrected chi connectivity index (χ1v) is 4.80. The molecule has 0 aromatic heterocycles. The molecule has 2 aliphatic rings. The van der Waals surface area contributed by atoms with Crippen LogP contribution in [0, 0.1) is 0 Å². The molecular weight excluding hydrogens is 152 g/mol. The van der Waals surface area contributed by atoms with Crippen LogP contribution in [0.4, 0.5) is 0 Å². The number of hydrogen-bond donors (Lipinski definition) is 0. The molecule has 0 radical (unpaired) electrons. The van der Waals surface area contributed by atoms with Crippen LogP contribution in [-0.2, 0) is 9.47 Å². The lowest BCUT2D eigenvalue weighted by Gasteiger charge is -2.38. The summed E-state index contributed by atoms with van der Waals surface area (Å²) in [5.74, 6) is -0.351. The first-order valence-electron chi connectivity index (χ1n) is 4.80. The minimum Gasteiger partial charge on any atom is -0.346 e. The number of rotatable bonds is 0. The van der Waals surface area contributed by atoms with E-state index in [4.69, 9.17) is 9.47 Å². The van der Waals surface area contributed by atoms with E-state index in [0.717, 1.165) is 19.4 Å². The molecule has 2 rings (SSSR count). The Labute approximate surface area is 73.5 Å². The van der Waals surface area contributed by atoms with E-state index in [0.29, 0.717) is 6.10 Å². The molecule has 2 unspecified atom stereocenters. The van der Waals surface area contributed by atoms with Crippen molar-refractivity contribution in [1.29, 1.82) is 0 Å². The van der Waals surface area contributed by atoms with Crippen LogP contribution in [0.2, 0.25) is 0 Å². The zero-order valence-corrected chi connectivity index (χ0v) is 7.58. The first-order chi connectivity index (χ1) is 5.81. The van der Waals surface area contributed by atoms with Gasteiger partial charge in [-0.3, -0.25) is 0 Å². The van der Waals surface area contributed by atoms with Crippen LogP contribution in [0.25, 0.3) is 0 Å². The van der Waals surface area contributed by atoms with Crippen LogP contribution in [0.5, 0.6) is 0 Å². The van der Waals surface area contributed by atoms with Gasteiger partial charge in [-0.15, -0.1) is 0 Å². The Morgan fingerprint density at radius 2 is 2.33 bits per heavy atom. The maximum atomic E-state index is 5.81. The van der Waals surface area contributed by atoms with Gasteiger partial charge in [0.05, 0.1) is 12.7 Å². The van der Waals surface area contributed by atoms with Gasteiger partial charge >= 0.3 is 0 Å². The van der Waals surface area contributed by atoms with Gasteiger partial charge in [0.25, 0.3) is 0 Å². The molecule has 2 atom stereocenters. The topological polar surface area (TPSA) is 18.5 Å². The van der Waals surface area contributed by atoms with Gasteiger partial charge in [-0.2, -0.15) is 0 Å². The second-order valence-electron chi connectivity index (χ2n) is 3.68. The van der Waals surface area contributed by atoms with E-state index in [-0.39, 0.29) is 5.79 Å². The first kappa shape index (κ1) is 8.27. The van der Waals surface area contributed by atoms with Gasteiger partial charge < -0.3 is 9.47 Å². The molecule has 0 N–H and O–H groups in total. The lowest BCUT2D eigenvalue weighted by Crippen LogP contribution is -2.41. The highest BCUT2D eigenvalue weighted by atomic mass is 16.7. The molecule has 0 amide bonds. The molecule has 2 heterocycles. The van der Waals surface area contributed by atoms with Gasteiger partial charge in [0.15, 0.2) is 5.79 Å². The van der Waals surface area contributed by atoms with Gasteiger partial charge in [0.2, 0.25) is 0 Å². The summed E-state index contributed by atoms with van der Waals surface area (Å²) in [6.45, 7) is 2.94. The number of ether oxygens (including phenoxy) is 2. The fourth-order valence-corrected chi connectivity index (χ4v) is 1.88. The van der Waals surface area contributed by atoms with Gasteiger partial charge in [0, 0.05) is 6.42 Å². The van der Waals surface area contributed by atoms with Crippen molar-refractivity contribution >= 4 is 0 Å². The molecule has 0 aromatic rings. The van der Waals surface area contributed by atoms with Gasteiger partial charge in [-0.25, -0.2) is 0 Å². The molecule has 0 saturated carbocycles. The lowest BCUT2D eigenvalue weighted by molar-refractivity contribution is -0.246. The van der Waals surface area contributed by atoms with Crippen molar-refractivity contribution in [2.45, 2.75) is 44.5 Å². The molecule has 68 valence electrons. The molecular formula is C10H16O2. The smallest absolute Gasteiger partial charge is 0.188 e. The van der Waals surface area contributed by atoms with Crippen molar-refractivity contribution in [3.63, 3.8) is 0 Å². The van der Waals surface area contributed by atoms with Crippen LogP contribution in [0.1, 0.15) is 32.6 Å². The molecule has 0 aromatic carbocycles. The normalized spacial score (nSPS) is 41.9. The molecule has 1 spiro atoms. The Morgan fingerprint density at radius 3 is 3.00 bits per heavy atom. The van der Waals surface area contributed by atoms with E-state index >= 15 is 0 Å². The predicted molar refractivity (Wildman–Crippen MR) is 46.8 cm³/mol. The van der Waals surface area contributed by atoms with E-state index < -0.39 is 0 Å². The van der Waals surface area contributed by atoms with Crippen LogP contribution >= 0.6 is 0 Å². The van der Waals surface area contributed by atoms with Crippen molar-refractivity contribution in [2.75, 3.05) is 6.61 Å². The molecule has 0 aliphatic carbocycles. The Kier molecular flexibility index (Phi) is 2.20. The third kappa shape index (κ3) is 1.54. The van der Waals surface area contributed by atoms with Crippen molar-refractivity contribution < 1.29 is 9.47 Å². The second kappa shape index (κ2) is 3.19. The van der Waals surface area contributed by atoms with Crippen molar-refractivity contribution in [2.24, 2.45) is 0 Å². The predicted octanol–water partition coefficient (Wildman–Crippen LogP) is 2.25. The van der Waals surface area contributed by atoms with Gasteiger partial charge in [-0.05, 0) is 32.3 Å². The van der Waals surface area contributed by atoms with Gasteiger partial charge in [-0.1, -0.05) is 6.08 Å². The van der Waals surface area contributed by atoms with Crippen molar-refractivity contribution in [1.82, 2.24) is 0 Å². The largest absolute Gasteiger partial charge is 0.346 e. The molecule has 2 heteroatoms. The summed E-state index contributed by atoms with van der Waals surface area (Å²) in [6.07, 6.45) is 9.02. The van der Waals surface area contributed by atoms with E-state index in [1.807, 2.05) is 0 Å². The average molecular weight is 168 g/mol. The highest BCUT2D eigenvalue weighted by molar-refractivity contribution is 5.02. The van der Waals surface area contributed by atoms with Crippen LogP contribution in [0.15, 0.2) is 12.2 Å². The zero-order valence-electron chi connectivity index (χ0n) is 7.58. The Morgan fingerprint density at radius 1 is 1.42 bits per heavy atom. The van der Waals surface area contributed by atoms with E-state index in [1.165, 1.54) is 12.8 Å². The summed E-state index contributed by atoms with van der Waals surface area (Å²) in [5.41, 5.74) is 0. The van der Waals surface area contributed by atoms with E-state index in [9.17, 15) is 0 Å². The Hall–Kier alpha value is -0.340. The van der Waals surface area contributed by atoms with Crippen LogP contribution in [0.3, 0.4) is 0 Å². The number of hydrogen-bond acceptors (Lipinski definition) is 2. The zero-order chi connectivity index (χ0) is 8.44. The highest BCUT2D eigenvalue weighted by Gasteiger charge is 2.34. The monoisotopic (exact) mass is 168 g/mol. The summed E-state index contributed by atoms with van der Waals surface area (Å²) in [4.78, 5) is 0. The molecule has 2 aliphatic heterocycles. The quantitative estimate of drug-likeness (QED) is 0.516.